The van der Waals surface area contributed by atoms with Gasteiger partial charge in [-0.3, -0.25) is 9.52 Å². The molecule has 5 nitrogen and oxygen atoms in total. The van der Waals surface area contributed by atoms with E-state index in [1.165, 1.54) is 6.92 Å². The number of Topliss-reactive ketones (excluding diaryl/α,β-unsaturated/α-hetero) is 1. The van der Waals surface area contributed by atoms with Gasteiger partial charge in [0.2, 0.25) is 0 Å². The summed E-state index contributed by atoms with van der Waals surface area (Å²) in [6.07, 6.45) is 0. The number of anilines is 1. The lowest BCUT2D eigenvalue weighted by molar-refractivity contribution is 0.101. The zero-order valence-corrected chi connectivity index (χ0v) is 15.2. The molecular formula is C18H21NO4S. The van der Waals surface area contributed by atoms with E-state index in [1.807, 2.05) is 13.8 Å². The Hall–Kier alpha value is -2.34. The maximum absolute atomic E-state index is 12.7. The Kier molecular flexibility index (Phi) is 4.99. The molecule has 2 rings (SSSR count). The highest BCUT2D eigenvalue weighted by Gasteiger charge is 2.21. The molecule has 0 saturated heterocycles. The molecule has 0 heterocycles. The molecule has 0 bridgehead atoms. The number of hydrogen-bond donors (Lipinski definition) is 1. The van der Waals surface area contributed by atoms with Gasteiger partial charge in [-0.2, -0.15) is 0 Å². The van der Waals surface area contributed by atoms with Crippen LogP contribution in [-0.2, 0) is 10.0 Å². The van der Waals surface area contributed by atoms with Crippen LogP contribution < -0.4 is 9.46 Å². The molecule has 0 aromatic heterocycles. The van der Waals surface area contributed by atoms with Crippen molar-refractivity contribution in [2.75, 3.05) is 11.8 Å². The Morgan fingerprint density at radius 2 is 1.62 bits per heavy atom. The smallest absolute Gasteiger partial charge is 0.262 e. The van der Waals surface area contributed by atoms with Gasteiger partial charge in [-0.05, 0) is 74.7 Å². The molecule has 1 N–H and O–H groups in total. The van der Waals surface area contributed by atoms with Crippen molar-refractivity contribution in [3.63, 3.8) is 0 Å². The van der Waals surface area contributed by atoms with Gasteiger partial charge in [0.05, 0.1) is 12.0 Å². The molecular weight excluding hydrogens is 326 g/mol. The number of ketones is 1. The third-order valence-electron chi connectivity index (χ3n) is 4.02. The SMILES string of the molecule is COc1c(C)cc(S(=O)(=O)Nc2ccc(C(C)=O)cc2)c(C)c1C. The van der Waals surface area contributed by atoms with E-state index in [-0.39, 0.29) is 10.7 Å². The van der Waals surface area contributed by atoms with E-state index in [4.69, 9.17) is 4.74 Å². The van der Waals surface area contributed by atoms with Crippen molar-refractivity contribution in [1.29, 1.82) is 0 Å². The van der Waals surface area contributed by atoms with E-state index >= 15 is 0 Å². The Balaban J connectivity index is 2.42. The average Bonchev–Trinajstić information content (AvgIpc) is 2.51. The standard InChI is InChI=1S/C18H21NO4S/c1-11-10-17(12(2)13(3)18(11)23-5)24(21,22)19-16-8-6-15(7-9-16)14(4)20/h6-10,19H,1-5H3. The molecule has 0 aliphatic rings. The van der Waals surface area contributed by atoms with Crippen LogP contribution in [0.2, 0.25) is 0 Å². The van der Waals surface area contributed by atoms with Crippen LogP contribution in [0.3, 0.4) is 0 Å². The molecule has 0 fully saturated rings. The highest BCUT2D eigenvalue weighted by atomic mass is 32.2. The monoisotopic (exact) mass is 347 g/mol. The first kappa shape index (κ1) is 18.0. The van der Waals surface area contributed by atoms with E-state index < -0.39 is 10.0 Å². The first-order valence-corrected chi connectivity index (χ1v) is 8.94. The zero-order chi connectivity index (χ0) is 18.1. The molecule has 0 spiro atoms. The first-order valence-electron chi connectivity index (χ1n) is 7.46. The van der Waals surface area contributed by atoms with Gasteiger partial charge >= 0.3 is 0 Å². The van der Waals surface area contributed by atoms with Crippen molar-refractivity contribution in [1.82, 2.24) is 0 Å². The van der Waals surface area contributed by atoms with E-state index in [2.05, 4.69) is 4.72 Å². The minimum atomic E-state index is -3.74. The topological polar surface area (TPSA) is 72.5 Å². The number of methoxy groups -OCH3 is 1. The third kappa shape index (κ3) is 3.43. The molecule has 2 aromatic rings. The summed E-state index contributed by atoms with van der Waals surface area (Å²) < 4.78 is 33.3. The number of benzene rings is 2. The summed E-state index contributed by atoms with van der Waals surface area (Å²) in [7, 11) is -2.17. The number of sulfonamides is 1. The fourth-order valence-electron chi connectivity index (χ4n) is 2.60. The van der Waals surface area contributed by atoms with Gasteiger partial charge in [0.25, 0.3) is 10.0 Å². The molecule has 0 saturated carbocycles. The molecule has 24 heavy (non-hydrogen) atoms. The minimum Gasteiger partial charge on any atom is -0.496 e. The highest BCUT2D eigenvalue weighted by molar-refractivity contribution is 7.92. The second-order valence-electron chi connectivity index (χ2n) is 5.71. The normalized spacial score (nSPS) is 11.2. The number of carbonyl (C=O) groups is 1. The van der Waals surface area contributed by atoms with Crippen molar-refractivity contribution < 1.29 is 17.9 Å². The Morgan fingerprint density at radius 3 is 2.12 bits per heavy atom. The predicted molar refractivity (Wildman–Crippen MR) is 94.5 cm³/mol. The van der Waals surface area contributed by atoms with Gasteiger partial charge < -0.3 is 4.74 Å². The molecule has 0 aliphatic carbocycles. The van der Waals surface area contributed by atoms with E-state index in [1.54, 1.807) is 44.4 Å². The van der Waals surface area contributed by atoms with Crippen molar-refractivity contribution in [3.05, 3.63) is 52.6 Å². The first-order chi connectivity index (χ1) is 11.2. The van der Waals surface area contributed by atoms with E-state index in [0.29, 0.717) is 22.6 Å². The zero-order valence-electron chi connectivity index (χ0n) is 14.4. The predicted octanol–water partition coefficient (Wildman–Crippen LogP) is 3.62. The van der Waals surface area contributed by atoms with Crippen LogP contribution >= 0.6 is 0 Å². The highest BCUT2D eigenvalue weighted by Crippen LogP contribution is 2.31. The Bertz CT molecular complexity index is 884. The van der Waals surface area contributed by atoms with Gasteiger partial charge in [-0.1, -0.05) is 0 Å². The number of carbonyl (C=O) groups excluding carboxylic acids is 1. The van der Waals surface area contributed by atoms with Gasteiger partial charge in [-0.25, -0.2) is 8.42 Å². The molecule has 128 valence electrons. The van der Waals surface area contributed by atoms with Crippen LogP contribution in [0.5, 0.6) is 5.75 Å². The lowest BCUT2D eigenvalue weighted by Crippen LogP contribution is -2.15. The fourth-order valence-corrected chi connectivity index (χ4v) is 4.04. The van der Waals surface area contributed by atoms with Gasteiger partial charge in [0.1, 0.15) is 5.75 Å². The van der Waals surface area contributed by atoms with Crippen molar-refractivity contribution in [2.45, 2.75) is 32.6 Å². The molecule has 0 radical (unpaired) electrons. The number of hydrogen-bond acceptors (Lipinski definition) is 4. The molecule has 0 amide bonds. The van der Waals surface area contributed by atoms with Crippen LogP contribution in [0.4, 0.5) is 5.69 Å². The summed E-state index contributed by atoms with van der Waals surface area (Å²) in [5.74, 6) is 0.624. The van der Waals surface area contributed by atoms with E-state index in [9.17, 15) is 13.2 Å². The van der Waals surface area contributed by atoms with Crippen molar-refractivity contribution in [2.24, 2.45) is 0 Å². The molecule has 0 atom stereocenters. The van der Waals surface area contributed by atoms with Crippen LogP contribution in [0.25, 0.3) is 0 Å². The van der Waals surface area contributed by atoms with Gasteiger partial charge in [0.15, 0.2) is 5.78 Å². The molecule has 6 heteroatoms. The molecule has 0 aliphatic heterocycles. The van der Waals surface area contributed by atoms with Crippen LogP contribution in [-0.4, -0.2) is 21.3 Å². The summed E-state index contributed by atoms with van der Waals surface area (Å²) in [4.78, 5) is 11.5. The van der Waals surface area contributed by atoms with Crippen molar-refractivity contribution in [3.8, 4) is 5.75 Å². The molecule has 2 aromatic carbocycles. The second-order valence-corrected chi connectivity index (χ2v) is 7.36. The molecule has 0 unspecified atom stereocenters. The number of nitrogens with one attached hydrogen (secondary N) is 1. The lowest BCUT2D eigenvalue weighted by Gasteiger charge is -2.16. The fraction of sp³-hybridized carbons (Fsp3) is 0.278. The van der Waals surface area contributed by atoms with Crippen LogP contribution in [0.15, 0.2) is 35.2 Å². The minimum absolute atomic E-state index is 0.0679. The second kappa shape index (κ2) is 6.65. The largest absolute Gasteiger partial charge is 0.496 e. The third-order valence-corrected chi connectivity index (χ3v) is 5.52. The average molecular weight is 347 g/mol. The summed E-state index contributed by atoms with van der Waals surface area (Å²) >= 11 is 0. The summed E-state index contributed by atoms with van der Waals surface area (Å²) in [6, 6.07) is 7.95. The number of aryl methyl sites for hydroxylation is 1. The maximum atomic E-state index is 12.7. The quantitative estimate of drug-likeness (QED) is 0.839. The summed E-state index contributed by atoms with van der Waals surface area (Å²) in [6.45, 7) is 6.87. The lowest BCUT2D eigenvalue weighted by atomic mass is 10.1. The summed E-state index contributed by atoms with van der Waals surface area (Å²) in [5, 5.41) is 0. The number of rotatable bonds is 5. The Labute approximate surface area is 142 Å². The maximum Gasteiger partial charge on any atom is 0.262 e. The van der Waals surface area contributed by atoms with Crippen LogP contribution in [0, 0.1) is 20.8 Å². The Morgan fingerprint density at radius 1 is 1.04 bits per heavy atom. The summed E-state index contributed by atoms with van der Waals surface area (Å²) in [5.41, 5.74) is 3.14. The van der Waals surface area contributed by atoms with Crippen molar-refractivity contribution >= 4 is 21.5 Å². The van der Waals surface area contributed by atoms with Gasteiger partial charge in [0, 0.05) is 11.3 Å². The van der Waals surface area contributed by atoms with Gasteiger partial charge in [-0.15, -0.1) is 0 Å². The van der Waals surface area contributed by atoms with E-state index in [0.717, 1.165) is 11.1 Å². The van der Waals surface area contributed by atoms with Crippen LogP contribution in [0.1, 0.15) is 34.0 Å². The number of ether oxygens (including phenoxy) is 1.